The molecule has 2 aromatic carbocycles. The Kier molecular flexibility index (Phi) is 4.70. The van der Waals surface area contributed by atoms with Crippen LogP contribution in [0.4, 0.5) is 0 Å². The Bertz CT molecular complexity index is 1160. The molecule has 0 amide bonds. The second kappa shape index (κ2) is 7.32. The fourth-order valence-corrected chi connectivity index (χ4v) is 3.55. The van der Waals surface area contributed by atoms with Crippen LogP contribution in [0, 0.1) is 6.92 Å². The lowest BCUT2D eigenvalue weighted by Crippen LogP contribution is -2.22. The first-order valence-electron chi connectivity index (χ1n) is 8.58. The molecule has 0 radical (unpaired) electrons. The Morgan fingerprint density at radius 2 is 1.64 bits per heavy atom. The molecule has 0 aliphatic heterocycles. The van der Waals surface area contributed by atoms with Gasteiger partial charge in [-0.1, -0.05) is 23.5 Å². The molecule has 1 unspecified atom stereocenters. The highest BCUT2D eigenvalue weighted by Gasteiger charge is 2.15. The number of carboxylic acid groups (broad SMARTS) is 1. The van der Waals surface area contributed by atoms with Gasteiger partial charge in [0.1, 0.15) is 16.5 Å². The second-order valence-corrected chi connectivity index (χ2v) is 7.16. The van der Waals surface area contributed by atoms with Crippen LogP contribution in [0.25, 0.3) is 32.3 Å². The van der Waals surface area contributed by atoms with Crippen LogP contribution in [0.1, 0.15) is 12.6 Å². The van der Waals surface area contributed by atoms with Gasteiger partial charge in [0.2, 0.25) is 0 Å². The number of rotatable bonds is 5. The number of carboxylic acids is 1. The average Bonchev–Trinajstić information content (AvgIpc) is 3.18. The zero-order chi connectivity index (χ0) is 19.7. The molecule has 2 aromatic heterocycles. The standard InChI is InChI=1S/C20H16N4O3S/c1-11-17(22-16-6-4-3-5-15(16)21-11)19-24-23-18(28-19)13-7-9-14(10-8-13)27-12(2)20(25)26/h3-10,12H,1-2H3,(H,25,26). The number of para-hydroxylation sites is 2. The van der Waals surface area contributed by atoms with Gasteiger partial charge in [0.25, 0.3) is 0 Å². The van der Waals surface area contributed by atoms with E-state index in [9.17, 15) is 4.79 Å². The molecule has 0 fully saturated rings. The molecule has 0 saturated heterocycles. The zero-order valence-electron chi connectivity index (χ0n) is 15.2. The third-order valence-electron chi connectivity index (χ3n) is 4.13. The Balaban J connectivity index is 1.61. The van der Waals surface area contributed by atoms with Gasteiger partial charge in [-0.25, -0.2) is 14.8 Å². The van der Waals surface area contributed by atoms with Gasteiger partial charge in [-0.2, -0.15) is 0 Å². The summed E-state index contributed by atoms with van der Waals surface area (Å²) < 4.78 is 5.35. The lowest BCUT2D eigenvalue weighted by molar-refractivity contribution is -0.144. The number of hydrogen-bond acceptors (Lipinski definition) is 7. The minimum absolute atomic E-state index is 0.486. The minimum atomic E-state index is -1.01. The van der Waals surface area contributed by atoms with Gasteiger partial charge in [-0.05, 0) is 50.2 Å². The highest BCUT2D eigenvalue weighted by atomic mass is 32.1. The monoisotopic (exact) mass is 392 g/mol. The van der Waals surface area contributed by atoms with Crippen LogP contribution in [0.5, 0.6) is 5.75 Å². The second-order valence-electron chi connectivity index (χ2n) is 6.18. The molecule has 7 nitrogen and oxygen atoms in total. The van der Waals surface area contributed by atoms with Crippen molar-refractivity contribution in [3.05, 3.63) is 54.2 Å². The summed E-state index contributed by atoms with van der Waals surface area (Å²) >= 11 is 1.43. The van der Waals surface area contributed by atoms with Crippen molar-refractivity contribution in [1.29, 1.82) is 0 Å². The van der Waals surface area contributed by atoms with Crippen molar-refractivity contribution in [2.75, 3.05) is 0 Å². The molecule has 0 aliphatic carbocycles. The molecule has 2 heterocycles. The first-order chi connectivity index (χ1) is 13.5. The molecule has 4 rings (SSSR count). The quantitative estimate of drug-likeness (QED) is 0.548. The van der Waals surface area contributed by atoms with Gasteiger partial charge in [0.15, 0.2) is 11.1 Å². The molecule has 0 aliphatic rings. The maximum absolute atomic E-state index is 10.9. The molecule has 8 heteroatoms. The molecule has 4 aromatic rings. The fourth-order valence-electron chi connectivity index (χ4n) is 2.66. The van der Waals surface area contributed by atoms with Gasteiger partial charge in [0.05, 0.1) is 16.7 Å². The van der Waals surface area contributed by atoms with Crippen molar-refractivity contribution >= 4 is 28.3 Å². The summed E-state index contributed by atoms with van der Waals surface area (Å²) in [5, 5.41) is 18.9. The smallest absolute Gasteiger partial charge is 0.344 e. The molecule has 0 bridgehead atoms. The van der Waals surface area contributed by atoms with Crippen molar-refractivity contribution < 1.29 is 14.6 Å². The van der Waals surface area contributed by atoms with Crippen LogP contribution in [0.15, 0.2) is 48.5 Å². The maximum atomic E-state index is 10.9. The van der Waals surface area contributed by atoms with E-state index < -0.39 is 12.1 Å². The van der Waals surface area contributed by atoms with Gasteiger partial charge in [-0.15, -0.1) is 10.2 Å². The van der Waals surface area contributed by atoms with E-state index in [1.165, 1.54) is 18.3 Å². The van der Waals surface area contributed by atoms with Crippen molar-refractivity contribution in [1.82, 2.24) is 20.2 Å². The fraction of sp³-hybridized carbons (Fsp3) is 0.150. The van der Waals surface area contributed by atoms with Crippen LogP contribution < -0.4 is 4.74 Å². The van der Waals surface area contributed by atoms with Crippen molar-refractivity contribution in [3.63, 3.8) is 0 Å². The first kappa shape index (κ1) is 18.0. The Hall–Kier alpha value is -3.39. The van der Waals surface area contributed by atoms with E-state index in [2.05, 4.69) is 20.2 Å². The molecular formula is C20H16N4O3S. The molecule has 1 atom stereocenters. The Morgan fingerprint density at radius 3 is 2.32 bits per heavy atom. The average molecular weight is 392 g/mol. The molecule has 0 saturated carbocycles. The third kappa shape index (κ3) is 3.54. The number of nitrogens with zero attached hydrogens (tertiary/aromatic N) is 4. The number of aromatic nitrogens is 4. The van der Waals surface area contributed by atoms with Gasteiger partial charge in [0, 0.05) is 5.56 Å². The SMILES string of the molecule is Cc1nc2ccccc2nc1-c1nnc(-c2ccc(OC(C)C(=O)O)cc2)s1. The highest BCUT2D eigenvalue weighted by Crippen LogP contribution is 2.31. The van der Waals surface area contributed by atoms with E-state index in [1.807, 2.05) is 43.3 Å². The summed E-state index contributed by atoms with van der Waals surface area (Å²) in [4.78, 5) is 20.2. The van der Waals surface area contributed by atoms with Crippen LogP contribution in [-0.4, -0.2) is 37.3 Å². The third-order valence-corrected chi connectivity index (χ3v) is 5.11. The van der Waals surface area contributed by atoms with E-state index in [-0.39, 0.29) is 0 Å². The van der Waals surface area contributed by atoms with Crippen molar-refractivity contribution in [2.24, 2.45) is 0 Å². The van der Waals surface area contributed by atoms with Gasteiger partial charge < -0.3 is 9.84 Å². The number of ether oxygens (including phenoxy) is 1. The predicted molar refractivity (Wildman–Crippen MR) is 106 cm³/mol. The van der Waals surface area contributed by atoms with E-state index in [4.69, 9.17) is 9.84 Å². The van der Waals surface area contributed by atoms with Crippen LogP contribution in [0.2, 0.25) is 0 Å². The van der Waals surface area contributed by atoms with Crippen LogP contribution in [0.3, 0.4) is 0 Å². The topological polar surface area (TPSA) is 98.1 Å². The van der Waals surface area contributed by atoms with E-state index in [1.54, 1.807) is 12.1 Å². The number of benzene rings is 2. The van der Waals surface area contributed by atoms with Crippen molar-refractivity contribution in [3.8, 4) is 27.0 Å². The van der Waals surface area contributed by atoms with Gasteiger partial charge in [-0.3, -0.25) is 0 Å². The number of hydrogen-bond donors (Lipinski definition) is 1. The molecule has 1 N–H and O–H groups in total. The summed E-state index contributed by atoms with van der Waals surface area (Å²) in [5.41, 5.74) is 4.05. The summed E-state index contributed by atoms with van der Waals surface area (Å²) in [6.45, 7) is 3.39. The lowest BCUT2D eigenvalue weighted by Gasteiger charge is -2.10. The first-order valence-corrected chi connectivity index (χ1v) is 9.40. The summed E-state index contributed by atoms with van der Waals surface area (Å²) in [5.74, 6) is -0.524. The normalized spacial score (nSPS) is 12.1. The largest absolute Gasteiger partial charge is 0.479 e. The summed E-state index contributed by atoms with van der Waals surface area (Å²) in [7, 11) is 0. The maximum Gasteiger partial charge on any atom is 0.344 e. The van der Waals surface area contributed by atoms with Crippen LogP contribution in [-0.2, 0) is 4.79 Å². The minimum Gasteiger partial charge on any atom is -0.479 e. The summed E-state index contributed by atoms with van der Waals surface area (Å²) in [6, 6.07) is 14.8. The van der Waals surface area contributed by atoms with E-state index in [0.29, 0.717) is 10.8 Å². The molecule has 140 valence electrons. The zero-order valence-corrected chi connectivity index (χ0v) is 16.0. The molecule has 28 heavy (non-hydrogen) atoms. The van der Waals surface area contributed by atoms with Gasteiger partial charge >= 0.3 is 5.97 Å². The number of carbonyl (C=O) groups is 1. The highest BCUT2D eigenvalue weighted by molar-refractivity contribution is 7.17. The number of fused-ring (bicyclic) bond motifs is 1. The van der Waals surface area contributed by atoms with E-state index >= 15 is 0 Å². The molecular weight excluding hydrogens is 376 g/mol. The van der Waals surface area contributed by atoms with E-state index in [0.717, 1.165) is 33.0 Å². The summed E-state index contributed by atoms with van der Waals surface area (Å²) in [6.07, 6.45) is -0.909. The predicted octanol–water partition coefficient (Wildman–Crippen LogP) is 3.98. The van der Waals surface area contributed by atoms with Crippen LogP contribution >= 0.6 is 11.3 Å². The molecule has 0 spiro atoms. The number of aliphatic carboxylic acids is 1. The van der Waals surface area contributed by atoms with Crippen molar-refractivity contribution in [2.45, 2.75) is 20.0 Å². The lowest BCUT2D eigenvalue weighted by atomic mass is 10.2. The number of aryl methyl sites for hydroxylation is 1. The Labute approximate surface area is 164 Å². The Morgan fingerprint density at radius 1 is 1.00 bits per heavy atom.